The molecule has 1 amide bonds. The van der Waals surface area contributed by atoms with Crippen molar-refractivity contribution in [2.24, 2.45) is 0 Å². The first-order chi connectivity index (χ1) is 12.3. The van der Waals surface area contributed by atoms with Crippen LogP contribution in [0.2, 0.25) is 0 Å². The Labute approximate surface area is 154 Å². The summed E-state index contributed by atoms with van der Waals surface area (Å²) in [5.41, 5.74) is 3.66. The average Bonchev–Trinajstić information content (AvgIpc) is 3.00. The lowest BCUT2D eigenvalue weighted by Crippen LogP contribution is -2.29. The minimum absolute atomic E-state index is 0.0130. The number of piperidine rings is 1. The minimum Gasteiger partial charge on any atom is -0.313 e. The van der Waals surface area contributed by atoms with Crippen molar-refractivity contribution < 1.29 is 4.79 Å². The fraction of sp³-hybridized carbons (Fsp3) is 0.476. The maximum Gasteiger partial charge on any atom is 0.256 e. The molecule has 2 aromatic rings. The Balaban J connectivity index is 1.59. The van der Waals surface area contributed by atoms with E-state index in [0.29, 0.717) is 0 Å². The Morgan fingerprint density at radius 1 is 1.00 bits per heavy atom. The molecule has 1 aromatic carbocycles. The molecular formula is C21H26N2OS. The zero-order valence-corrected chi connectivity index (χ0v) is 15.5. The number of benzene rings is 1. The Hall–Kier alpha value is -1.65. The van der Waals surface area contributed by atoms with Crippen LogP contribution in [-0.2, 0) is 19.4 Å². The van der Waals surface area contributed by atoms with Crippen LogP contribution in [0.25, 0.3) is 0 Å². The summed E-state index contributed by atoms with van der Waals surface area (Å²) in [6, 6.07) is 9.55. The number of aryl methyl sites for hydroxylation is 1. The monoisotopic (exact) mass is 354 g/mol. The molecule has 4 rings (SSSR count). The topological polar surface area (TPSA) is 32.3 Å². The Bertz CT molecular complexity index is 732. The lowest BCUT2D eigenvalue weighted by Gasteiger charge is -2.27. The van der Waals surface area contributed by atoms with Gasteiger partial charge in [0.2, 0.25) is 0 Å². The highest BCUT2D eigenvalue weighted by Crippen LogP contribution is 2.39. The van der Waals surface area contributed by atoms with E-state index in [1.807, 2.05) is 41.7 Å². The van der Waals surface area contributed by atoms with Gasteiger partial charge in [-0.3, -0.25) is 9.69 Å². The first-order valence-corrected chi connectivity index (χ1v) is 10.3. The maximum atomic E-state index is 12.7. The molecule has 0 radical (unpaired) electrons. The number of hydrogen-bond acceptors (Lipinski definition) is 3. The number of nitrogens with zero attached hydrogens (tertiary/aromatic N) is 1. The van der Waals surface area contributed by atoms with Gasteiger partial charge in [0.05, 0.1) is 0 Å². The van der Waals surface area contributed by atoms with Crippen molar-refractivity contribution in [1.82, 2.24) is 4.90 Å². The van der Waals surface area contributed by atoms with Gasteiger partial charge in [0.15, 0.2) is 0 Å². The van der Waals surface area contributed by atoms with E-state index in [1.165, 1.54) is 74.0 Å². The van der Waals surface area contributed by atoms with E-state index in [2.05, 4.69) is 10.2 Å². The van der Waals surface area contributed by atoms with E-state index < -0.39 is 0 Å². The van der Waals surface area contributed by atoms with Crippen LogP contribution in [0, 0.1) is 0 Å². The number of likely N-dealkylation sites (tertiary alicyclic amines) is 1. The van der Waals surface area contributed by atoms with Crippen LogP contribution >= 0.6 is 11.3 Å². The van der Waals surface area contributed by atoms with Gasteiger partial charge >= 0.3 is 0 Å². The Morgan fingerprint density at radius 2 is 1.76 bits per heavy atom. The average molecular weight is 355 g/mol. The second kappa shape index (κ2) is 7.71. The van der Waals surface area contributed by atoms with E-state index in [1.54, 1.807) is 0 Å². The van der Waals surface area contributed by atoms with Gasteiger partial charge in [-0.1, -0.05) is 24.6 Å². The zero-order valence-electron chi connectivity index (χ0n) is 14.7. The standard InChI is InChI=1S/C21H26N2OS/c24-20(16-9-3-1-4-10-16)22-21-18(15-23-13-7-2-8-14-23)17-11-5-6-12-19(17)25-21/h1,3-4,9-10H,2,5-8,11-15H2,(H,22,24). The third-order valence-corrected chi connectivity index (χ3v) is 6.62. The Kier molecular flexibility index (Phi) is 5.18. The molecule has 0 saturated carbocycles. The summed E-state index contributed by atoms with van der Waals surface area (Å²) in [5.74, 6) is 0.0130. The van der Waals surface area contributed by atoms with Crippen molar-refractivity contribution in [2.75, 3.05) is 18.4 Å². The smallest absolute Gasteiger partial charge is 0.256 e. The van der Waals surface area contributed by atoms with Crippen molar-refractivity contribution in [3.63, 3.8) is 0 Å². The maximum absolute atomic E-state index is 12.7. The second-order valence-corrected chi connectivity index (χ2v) is 8.28. The van der Waals surface area contributed by atoms with Crippen molar-refractivity contribution in [1.29, 1.82) is 0 Å². The molecule has 1 N–H and O–H groups in total. The summed E-state index contributed by atoms with van der Waals surface area (Å²) in [6.45, 7) is 3.38. The first kappa shape index (κ1) is 16.8. The number of fused-ring (bicyclic) bond motifs is 1. The number of rotatable bonds is 4. The lowest BCUT2D eigenvalue weighted by molar-refractivity contribution is 0.102. The quantitative estimate of drug-likeness (QED) is 0.850. The van der Waals surface area contributed by atoms with Gasteiger partial charge in [-0.05, 0) is 69.3 Å². The molecule has 132 valence electrons. The molecule has 0 bridgehead atoms. The van der Waals surface area contributed by atoms with Gasteiger partial charge in [0.25, 0.3) is 5.91 Å². The predicted molar refractivity (Wildman–Crippen MR) is 104 cm³/mol. The number of thiophene rings is 1. The van der Waals surface area contributed by atoms with Gasteiger partial charge in [-0.2, -0.15) is 0 Å². The molecule has 1 saturated heterocycles. The van der Waals surface area contributed by atoms with E-state index >= 15 is 0 Å². The van der Waals surface area contributed by atoms with Crippen LogP contribution in [0.3, 0.4) is 0 Å². The number of anilines is 1. The molecule has 1 aliphatic heterocycles. The summed E-state index contributed by atoms with van der Waals surface area (Å²) in [5, 5.41) is 4.32. The number of hydrogen-bond donors (Lipinski definition) is 1. The van der Waals surface area contributed by atoms with Gasteiger partial charge in [-0.15, -0.1) is 11.3 Å². The highest BCUT2D eigenvalue weighted by atomic mass is 32.1. The highest BCUT2D eigenvalue weighted by molar-refractivity contribution is 7.16. The SMILES string of the molecule is O=C(Nc1sc2c(c1CN1CCCCC1)CCCC2)c1ccccc1. The molecule has 0 spiro atoms. The van der Waals surface area contributed by atoms with E-state index in [0.717, 1.165) is 17.1 Å². The second-order valence-electron chi connectivity index (χ2n) is 7.18. The van der Waals surface area contributed by atoms with Crippen LogP contribution in [0.1, 0.15) is 58.5 Å². The van der Waals surface area contributed by atoms with Crippen LogP contribution in [0.4, 0.5) is 5.00 Å². The molecule has 1 aliphatic carbocycles. The molecule has 25 heavy (non-hydrogen) atoms. The van der Waals surface area contributed by atoms with Crippen molar-refractivity contribution in [3.05, 3.63) is 51.9 Å². The molecule has 2 aliphatic rings. The van der Waals surface area contributed by atoms with Crippen molar-refractivity contribution >= 4 is 22.2 Å². The number of carbonyl (C=O) groups is 1. The van der Waals surface area contributed by atoms with Gasteiger partial charge in [-0.25, -0.2) is 0 Å². The summed E-state index contributed by atoms with van der Waals surface area (Å²) in [4.78, 5) is 16.7. The molecule has 0 unspecified atom stereocenters. The Morgan fingerprint density at radius 3 is 2.56 bits per heavy atom. The molecular weight excluding hydrogens is 328 g/mol. The van der Waals surface area contributed by atoms with Crippen LogP contribution in [0.15, 0.2) is 30.3 Å². The van der Waals surface area contributed by atoms with Crippen molar-refractivity contribution in [2.45, 2.75) is 51.5 Å². The number of amides is 1. The molecule has 3 nitrogen and oxygen atoms in total. The van der Waals surface area contributed by atoms with Crippen molar-refractivity contribution in [3.8, 4) is 0 Å². The van der Waals surface area contributed by atoms with E-state index in [4.69, 9.17) is 0 Å². The molecule has 1 aromatic heterocycles. The van der Waals surface area contributed by atoms with Crippen LogP contribution < -0.4 is 5.32 Å². The lowest BCUT2D eigenvalue weighted by atomic mass is 9.95. The summed E-state index contributed by atoms with van der Waals surface area (Å²) >= 11 is 1.81. The third-order valence-electron chi connectivity index (χ3n) is 5.37. The summed E-state index contributed by atoms with van der Waals surface area (Å²) in [6.07, 6.45) is 8.88. The number of carbonyl (C=O) groups excluding carboxylic acids is 1. The fourth-order valence-electron chi connectivity index (χ4n) is 4.01. The van der Waals surface area contributed by atoms with Gasteiger partial charge < -0.3 is 5.32 Å². The van der Waals surface area contributed by atoms with Gasteiger partial charge in [0, 0.05) is 22.5 Å². The first-order valence-electron chi connectivity index (χ1n) is 9.53. The predicted octanol–water partition coefficient (Wildman–Crippen LogP) is 4.87. The summed E-state index contributed by atoms with van der Waals surface area (Å²) in [7, 11) is 0. The third kappa shape index (κ3) is 3.80. The number of nitrogens with one attached hydrogen (secondary N) is 1. The molecule has 2 heterocycles. The zero-order chi connectivity index (χ0) is 17.1. The largest absolute Gasteiger partial charge is 0.313 e. The van der Waals surface area contributed by atoms with E-state index in [-0.39, 0.29) is 5.91 Å². The van der Waals surface area contributed by atoms with E-state index in [9.17, 15) is 4.79 Å². The van der Waals surface area contributed by atoms with Gasteiger partial charge in [0.1, 0.15) is 5.00 Å². The van der Waals surface area contributed by atoms with Crippen LogP contribution in [-0.4, -0.2) is 23.9 Å². The summed E-state index contributed by atoms with van der Waals surface area (Å²) < 4.78 is 0. The fourth-order valence-corrected chi connectivity index (χ4v) is 5.30. The normalized spacial score (nSPS) is 17.9. The van der Waals surface area contributed by atoms with Crippen LogP contribution in [0.5, 0.6) is 0 Å². The minimum atomic E-state index is 0.0130. The molecule has 0 atom stereocenters. The highest BCUT2D eigenvalue weighted by Gasteiger charge is 2.24. The molecule has 1 fully saturated rings. The molecule has 4 heteroatoms.